The predicted octanol–water partition coefficient (Wildman–Crippen LogP) is 4.20. The minimum atomic E-state index is -0.868. The molecule has 0 bridgehead atoms. The number of methoxy groups -OCH3 is 1. The summed E-state index contributed by atoms with van der Waals surface area (Å²) in [6.07, 6.45) is 0. The number of halogens is 1. The van der Waals surface area contributed by atoms with E-state index in [0.717, 1.165) is 28.0 Å². The molecule has 2 unspecified atom stereocenters. The number of thioether (sulfide) groups is 1. The second-order valence-electron chi connectivity index (χ2n) is 9.52. The Balaban J connectivity index is 1.40. The summed E-state index contributed by atoms with van der Waals surface area (Å²) < 4.78 is 20.2. The van der Waals surface area contributed by atoms with E-state index in [1.807, 2.05) is 0 Å². The minimum Gasteiger partial charge on any atom is -0.508 e. The molecule has 1 fully saturated rings. The quantitative estimate of drug-likeness (QED) is 0.255. The van der Waals surface area contributed by atoms with Crippen LogP contribution in [0.15, 0.2) is 82.6 Å². The van der Waals surface area contributed by atoms with Gasteiger partial charge in [-0.3, -0.25) is 23.7 Å². The molecule has 0 spiro atoms. The van der Waals surface area contributed by atoms with E-state index < -0.39 is 45.5 Å². The lowest BCUT2D eigenvalue weighted by Gasteiger charge is -2.30. The molecule has 6 rings (SSSR count). The highest BCUT2D eigenvalue weighted by Crippen LogP contribution is 2.54. The van der Waals surface area contributed by atoms with Gasteiger partial charge in [0.1, 0.15) is 29.1 Å². The first-order valence-electron chi connectivity index (χ1n) is 12.5. The lowest BCUT2D eigenvalue weighted by molar-refractivity contribution is -0.122. The van der Waals surface area contributed by atoms with Gasteiger partial charge in [-0.25, -0.2) is 9.29 Å². The molecular formula is C29H22FN3O6S2. The molecule has 1 aromatic heterocycles. The molecule has 208 valence electrons. The topological polar surface area (TPSA) is 118 Å². The second kappa shape index (κ2) is 10.5. The third-order valence-corrected chi connectivity index (χ3v) is 9.67. The van der Waals surface area contributed by atoms with E-state index in [1.165, 1.54) is 60.2 Å². The first-order valence-corrected chi connectivity index (χ1v) is 14.2. The number of nitrogens with one attached hydrogen (secondary N) is 1. The molecule has 3 aromatic carbocycles. The van der Waals surface area contributed by atoms with Crippen molar-refractivity contribution in [2.45, 2.75) is 22.7 Å². The van der Waals surface area contributed by atoms with E-state index in [9.17, 15) is 28.7 Å². The molecule has 3 atom stereocenters. The molecule has 4 aromatic rings. The van der Waals surface area contributed by atoms with Crippen molar-refractivity contribution < 1.29 is 28.6 Å². The number of phenolic OH excluding ortho intramolecular Hbond substituents is 1. The van der Waals surface area contributed by atoms with Crippen LogP contribution in [0.5, 0.6) is 11.5 Å². The number of rotatable bonds is 6. The predicted molar refractivity (Wildman–Crippen MR) is 152 cm³/mol. The molecule has 2 N–H and O–H groups in total. The summed E-state index contributed by atoms with van der Waals surface area (Å²) in [7, 11) is 1.54. The van der Waals surface area contributed by atoms with Crippen LogP contribution in [0, 0.1) is 11.7 Å². The number of nitrogens with zero attached hydrogens (tertiary/aromatic N) is 2. The molecule has 12 heteroatoms. The Kier molecular flexibility index (Phi) is 6.88. The first kappa shape index (κ1) is 26.8. The molecule has 0 aliphatic carbocycles. The Labute approximate surface area is 241 Å². The van der Waals surface area contributed by atoms with Crippen LogP contribution < -0.4 is 19.8 Å². The maximum absolute atomic E-state index is 13.9. The van der Waals surface area contributed by atoms with Gasteiger partial charge in [0.25, 0.3) is 0 Å². The van der Waals surface area contributed by atoms with Crippen molar-refractivity contribution in [3.8, 4) is 11.5 Å². The van der Waals surface area contributed by atoms with Crippen molar-refractivity contribution in [3.63, 3.8) is 0 Å². The number of thiazole rings is 1. The average molecular weight is 592 g/mol. The average Bonchev–Trinajstić information content (AvgIpc) is 3.41. The van der Waals surface area contributed by atoms with Gasteiger partial charge >= 0.3 is 4.87 Å². The molecule has 0 saturated carbocycles. The third kappa shape index (κ3) is 4.78. The monoisotopic (exact) mass is 591 g/mol. The van der Waals surface area contributed by atoms with Crippen LogP contribution >= 0.6 is 23.1 Å². The number of phenols is 1. The number of imide groups is 1. The zero-order chi connectivity index (χ0) is 28.8. The van der Waals surface area contributed by atoms with Crippen LogP contribution in [0.4, 0.5) is 15.8 Å². The van der Waals surface area contributed by atoms with Gasteiger partial charge in [-0.05, 0) is 66.2 Å². The van der Waals surface area contributed by atoms with Crippen molar-refractivity contribution >= 4 is 52.2 Å². The fourth-order valence-electron chi connectivity index (χ4n) is 5.16. The number of benzene rings is 3. The standard InChI is InChI=1S/C29H22FN3O6S2/c1-39-20-12-2-15(3-13-20)22-23-24(27(37)33(26(23)36)18-8-4-16(30)5-9-18)40-28-25(22)41-29(38)32(28)14-21(35)31-17-6-10-19(34)11-7-17/h2-13,22-24,34H,14H2,1H3,(H,31,35)/t22-,23?,24?/m1/s1. The number of hydrogen-bond donors (Lipinski definition) is 2. The Bertz CT molecular complexity index is 1720. The third-order valence-electron chi connectivity index (χ3n) is 7.06. The molecule has 41 heavy (non-hydrogen) atoms. The van der Waals surface area contributed by atoms with Gasteiger partial charge in [0, 0.05) is 16.5 Å². The van der Waals surface area contributed by atoms with Gasteiger partial charge in [0.2, 0.25) is 17.7 Å². The largest absolute Gasteiger partial charge is 0.508 e. The highest BCUT2D eigenvalue weighted by atomic mass is 32.2. The van der Waals surface area contributed by atoms with Crippen molar-refractivity contribution in [1.82, 2.24) is 4.57 Å². The molecule has 2 aliphatic rings. The Morgan fingerprint density at radius 1 is 0.976 bits per heavy atom. The van der Waals surface area contributed by atoms with E-state index in [-0.39, 0.29) is 18.0 Å². The van der Waals surface area contributed by atoms with Crippen LogP contribution in [0.2, 0.25) is 0 Å². The summed E-state index contributed by atoms with van der Waals surface area (Å²) in [5, 5.41) is 11.8. The maximum atomic E-state index is 13.9. The zero-order valence-electron chi connectivity index (χ0n) is 21.4. The SMILES string of the molecule is COc1ccc([C@H]2c3sc(=O)n(CC(=O)Nc4ccc(O)cc4)c3SC3C(=O)N(c4ccc(F)cc4)C(=O)C32)cc1. The smallest absolute Gasteiger partial charge is 0.308 e. The summed E-state index contributed by atoms with van der Waals surface area (Å²) in [5.41, 5.74) is 1.42. The molecule has 9 nitrogen and oxygen atoms in total. The number of amides is 3. The number of fused-ring (bicyclic) bond motifs is 2. The Morgan fingerprint density at radius 3 is 2.32 bits per heavy atom. The number of hydrogen-bond acceptors (Lipinski definition) is 8. The lowest BCUT2D eigenvalue weighted by atomic mass is 9.83. The maximum Gasteiger partial charge on any atom is 0.308 e. The number of ether oxygens (including phenoxy) is 1. The van der Waals surface area contributed by atoms with Gasteiger partial charge in [-0.2, -0.15) is 0 Å². The number of carbonyl (C=O) groups excluding carboxylic acids is 3. The van der Waals surface area contributed by atoms with E-state index in [1.54, 1.807) is 24.3 Å². The van der Waals surface area contributed by atoms with Gasteiger partial charge < -0.3 is 15.2 Å². The molecular weight excluding hydrogens is 569 g/mol. The fraction of sp³-hybridized carbons (Fsp3) is 0.172. The van der Waals surface area contributed by atoms with E-state index >= 15 is 0 Å². The Morgan fingerprint density at radius 2 is 1.66 bits per heavy atom. The van der Waals surface area contributed by atoms with Crippen molar-refractivity contribution in [1.29, 1.82) is 0 Å². The number of carbonyl (C=O) groups is 3. The fourth-order valence-corrected chi connectivity index (χ4v) is 7.93. The first-order chi connectivity index (χ1) is 19.7. The summed E-state index contributed by atoms with van der Waals surface area (Å²) in [4.78, 5) is 55.0. The van der Waals surface area contributed by atoms with Gasteiger partial charge in [0.05, 0.1) is 23.7 Å². The summed E-state index contributed by atoms with van der Waals surface area (Å²) in [6, 6.07) is 18.2. The van der Waals surface area contributed by atoms with Gasteiger partial charge in [-0.1, -0.05) is 35.2 Å². The van der Waals surface area contributed by atoms with Crippen LogP contribution in [0.1, 0.15) is 16.4 Å². The molecule has 0 radical (unpaired) electrons. The number of aromatic hydroxyl groups is 1. The van der Waals surface area contributed by atoms with Crippen molar-refractivity contribution in [3.05, 3.63) is 98.7 Å². The van der Waals surface area contributed by atoms with Gasteiger partial charge in [0.15, 0.2) is 0 Å². The molecule has 3 heterocycles. The lowest BCUT2D eigenvalue weighted by Crippen LogP contribution is -2.33. The van der Waals surface area contributed by atoms with E-state index in [4.69, 9.17) is 4.74 Å². The highest BCUT2D eigenvalue weighted by molar-refractivity contribution is 8.00. The normalized spacial score (nSPS) is 19.6. The van der Waals surface area contributed by atoms with E-state index in [0.29, 0.717) is 26.9 Å². The zero-order valence-corrected chi connectivity index (χ0v) is 23.1. The van der Waals surface area contributed by atoms with Crippen LogP contribution in [0.25, 0.3) is 0 Å². The van der Waals surface area contributed by atoms with Crippen LogP contribution in [-0.2, 0) is 20.9 Å². The highest BCUT2D eigenvalue weighted by Gasteiger charge is 2.56. The number of aromatic nitrogens is 1. The van der Waals surface area contributed by atoms with Crippen molar-refractivity contribution in [2.24, 2.45) is 5.92 Å². The summed E-state index contributed by atoms with van der Waals surface area (Å²) >= 11 is 2.04. The molecule has 2 aliphatic heterocycles. The number of anilines is 2. The van der Waals surface area contributed by atoms with Crippen LogP contribution in [0.3, 0.4) is 0 Å². The van der Waals surface area contributed by atoms with Crippen molar-refractivity contribution in [2.75, 3.05) is 17.3 Å². The van der Waals surface area contributed by atoms with Gasteiger partial charge in [-0.15, -0.1) is 0 Å². The molecule has 1 saturated heterocycles. The summed E-state index contributed by atoms with van der Waals surface area (Å²) in [5.74, 6) is -2.68. The summed E-state index contributed by atoms with van der Waals surface area (Å²) in [6.45, 7) is -0.310. The Hall–Kier alpha value is -4.42. The minimum absolute atomic E-state index is 0.0482. The van der Waals surface area contributed by atoms with Crippen LogP contribution in [-0.4, -0.2) is 39.8 Å². The van der Waals surface area contributed by atoms with E-state index in [2.05, 4.69) is 5.32 Å². The second-order valence-corrected chi connectivity index (χ2v) is 11.6. The molecule has 3 amide bonds.